The van der Waals surface area contributed by atoms with Gasteiger partial charge in [-0.1, -0.05) is 47.5 Å². The van der Waals surface area contributed by atoms with E-state index in [1.165, 1.54) is 0 Å². The number of hydrogen-bond donors (Lipinski definition) is 1. The molecule has 7 heteroatoms. The number of anilines is 1. The summed E-state index contributed by atoms with van der Waals surface area (Å²) in [4.78, 5) is 4.76. The van der Waals surface area contributed by atoms with Gasteiger partial charge in [-0.15, -0.1) is 5.10 Å². The second-order valence-corrected chi connectivity index (χ2v) is 8.01. The van der Waals surface area contributed by atoms with Crippen LogP contribution >= 0.6 is 23.2 Å². The van der Waals surface area contributed by atoms with Gasteiger partial charge in [-0.3, -0.25) is 0 Å². The van der Waals surface area contributed by atoms with Crippen LogP contribution in [0.25, 0.3) is 17.1 Å². The summed E-state index contributed by atoms with van der Waals surface area (Å²) in [6.07, 6.45) is 2.14. The summed E-state index contributed by atoms with van der Waals surface area (Å²) < 4.78 is 7.21. The van der Waals surface area contributed by atoms with E-state index < -0.39 is 0 Å². The molecule has 0 bridgehead atoms. The molecular weight excluding hydrogens is 431 g/mol. The van der Waals surface area contributed by atoms with Crippen molar-refractivity contribution in [1.29, 1.82) is 0 Å². The molecule has 31 heavy (non-hydrogen) atoms. The molecule has 0 fully saturated rings. The number of aromatic nitrogens is 3. The normalized spacial score (nSPS) is 15.1. The second-order valence-electron chi connectivity index (χ2n) is 7.14. The predicted molar refractivity (Wildman–Crippen MR) is 125 cm³/mol. The van der Waals surface area contributed by atoms with Gasteiger partial charge in [-0.2, -0.15) is 4.98 Å². The Morgan fingerprint density at radius 1 is 0.839 bits per heavy atom. The van der Waals surface area contributed by atoms with Crippen LogP contribution in [0.3, 0.4) is 0 Å². The lowest BCUT2D eigenvalue weighted by molar-refractivity contribution is 0.414. The molecule has 3 aromatic carbocycles. The molecule has 2 heterocycles. The number of allylic oxidation sites excluding steroid dienone is 1. The number of nitrogens with one attached hydrogen (secondary N) is 1. The van der Waals surface area contributed by atoms with E-state index in [0.29, 0.717) is 21.8 Å². The average Bonchev–Trinajstić information content (AvgIpc) is 3.24. The van der Waals surface area contributed by atoms with Crippen LogP contribution in [0, 0.1) is 0 Å². The Morgan fingerprint density at radius 2 is 1.45 bits per heavy atom. The highest BCUT2D eigenvalue weighted by atomic mass is 35.5. The smallest absolute Gasteiger partial charge is 0.227 e. The van der Waals surface area contributed by atoms with Crippen molar-refractivity contribution in [3.05, 3.63) is 100 Å². The van der Waals surface area contributed by atoms with Crippen molar-refractivity contribution in [2.75, 3.05) is 12.4 Å². The third-order valence-electron chi connectivity index (χ3n) is 5.18. The van der Waals surface area contributed by atoms with Crippen LogP contribution in [0.15, 0.2) is 78.9 Å². The number of benzene rings is 3. The van der Waals surface area contributed by atoms with E-state index in [4.69, 9.17) is 38.0 Å². The van der Waals surface area contributed by atoms with Crippen LogP contribution < -0.4 is 10.1 Å². The summed E-state index contributed by atoms with van der Waals surface area (Å²) >= 11 is 12.1. The van der Waals surface area contributed by atoms with Crippen molar-refractivity contribution < 1.29 is 4.74 Å². The molecule has 0 spiro atoms. The number of rotatable bonds is 4. The molecule has 154 valence electrons. The Morgan fingerprint density at radius 3 is 2.06 bits per heavy atom. The van der Waals surface area contributed by atoms with Crippen LogP contribution in [0.4, 0.5) is 5.95 Å². The molecular formula is C24H18Cl2N4O. The third-order valence-corrected chi connectivity index (χ3v) is 5.68. The summed E-state index contributed by atoms with van der Waals surface area (Å²) in [5.74, 6) is 2.10. The Bertz CT molecular complexity index is 1250. The van der Waals surface area contributed by atoms with E-state index in [1.54, 1.807) is 7.11 Å². The van der Waals surface area contributed by atoms with Crippen molar-refractivity contribution >= 4 is 34.8 Å². The van der Waals surface area contributed by atoms with Gasteiger partial charge in [-0.05, 0) is 65.7 Å². The summed E-state index contributed by atoms with van der Waals surface area (Å²) in [6.45, 7) is 0. The molecule has 1 N–H and O–H groups in total. The lowest BCUT2D eigenvalue weighted by Gasteiger charge is -2.24. The largest absolute Gasteiger partial charge is 0.497 e. The maximum Gasteiger partial charge on any atom is 0.227 e. The molecule has 5 nitrogen and oxygen atoms in total. The van der Waals surface area contributed by atoms with Crippen molar-refractivity contribution in [3.63, 3.8) is 0 Å². The van der Waals surface area contributed by atoms with E-state index in [9.17, 15) is 0 Å². The monoisotopic (exact) mass is 448 g/mol. The van der Waals surface area contributed by atoms with Crippen LogP contribution in [0.5, 0.6) is 5.75 Å². The van der Waals surface area contributed by atoms with Gasteiger partial charge in [0.05, 0.1) is 7.11 Å². The Balaban J connectivity index is 1.60. The number of methoxy groups -OCH3 is 1. The van der Waals surface area contributed by atoms with Crippen molar-refractivity contribution in [3.8, 4) is 17.1 Å². The Hall–Kier alpha value is -3.28. The fourth-order valence-electron chi connectivity index (χ4n) is 3.55. The molecule has 0 radical (unpaired) electrons. The molecule has 1 aliphatic heterocycles. The lowest BCUT2D eigenvalue weighted by atomic mass is 10.0. The molecule has 0 amide bonds. The van der Waals surface area contributed by atoms with Gasteiger partial charge in [0, 0.05) is 21.3 Å². The molecule has 1 aliphatic rings. The third kappa shape index (κ3) is 3.90. The first-order chi connectivity index (χ1) is 15.1. The standard InChI is InChI=1S/C24H18Cl2N4O/c1-31-20-12-6-16(7-13-20)22-14-21(15-2-8-18(25)9-3-15)27-24-28-23(29-30(22)24)17-4-10-19(26)11-5-17/h2-14,22H,1H3,(H,27,28,29)/t22-/m0/s1. The van der Waals surface area contributed by atoms with E-state index in [-0.39, 0.29) is 6.04 Å². The van der Waals surface area contributed by atoms with Gasteiger partial charge in [0.1, 0.15) is 11.8 Å². The first kappa shape index (κ1) is 19.7. The van der Waals surface area contributed by atoms with Crippen molar-refractivity contribution in [1.82, 2.24) is 14.8 Å². The second kappa shape index (κ2) is 8.10. The van der Waals surface area contributed by atoms with Gasteiger partial charge in [0.25, 0.3) is 0 Å². The highest BCUT2D eigenvalue weighted by Gasteiger charge is 2.25. The minimum atomic E-state index is -0.138. The highest BCUT2D eigenvalue weighted by Crippen LogP contribution is 2.35. The predicted octanol–water partition coefficient (Wildman–Crippen LogP) is 6.32. The zero-order chi connectivity index (χ0) is 21.4. The fraction of sp³-hybridized carbons (Fsp3) is 0.0833. The number of ether oxygens (including phenoxy) is 1. The van der Waals surface area contributed by atoms with Crippen LogP contribution in [-0.2, 0) is 0 Å². The van der Waals surface area contributed by atoms with Crippen LogP contribution in [0.2, 0.25) is 10.0 Å². The quantitative estimate of drug-likeness (QED) is 0.396. The maximum atomic E-state index is 6.08. The lowest BCUT2D eigenvalue weighted by Crippen LogP contribution is -2.20. The summed E-state index contributed by atoms with van der Waals surface area (Å²) in [5.41, 5.74) is 3.93. The first-order valence-corrected chi connectivity index (χ1v) is 10.5. The summed E-state index contributed by atoms with van der Waals surface area (Å²) in [7, 11) is 1.66. The average molecular weight is 449 g/mol. The molecule has 0 saturated heterocycles. The maximum absolute atomic E-state index is 6.08. The van der Waals surface area contributed by atoms with Crippen LogP contribution in [-0.4, -0.2) is 21.9 Å². The van der Waals surface area contributed by atoms with Gasteiger partial charge in [0.2, 0.25) is 5.95 Å². The topological polar surface area (TPSA) is 52.0 Å². The van der Waals surface area contributed by atoms with E-state index >= 15 is 0 Å². The van der Waals surface area contributed by atoms with E-state index in [1.807, 2.05) is 77.5 Å². The number of nitrogens with zero attached hydrogens (tertiary/aromatic N) is 3. The fourth-order valence-corrected chi connectivity index (χ4v) is 3.80. The zero-order valence-electron chi connectivity index (χ0n) is 16.6. The molecule has 0 aliphatic carbocycles. The first-order valence-electron chi connectivity index (χ1n) is 9.72. The van der Waals surface area contributed by atoms with Gasteiger partial charge in [-0.25, -0.2) is 4.68 Å². The highest BCUT2D eigenvalue weighted by molar-refractivity contribution is 6.30. The minimum absolute atomic E-state index is 0.138. The van der Waals surface area contributed by atoms with Gasteiger partial charge >= 0.3 is 0 Å². The van der Waals surface area contributed by atoms with E-state index in [2.05, 4.69) is 11.4 Å². The van der Waals surface area contributed by atoms with E-state index in [0.717, 1.165) is 28.1 Å². The molecule has 1 aromatic heterocycles. The SMILES string of the molecule is COc1ccc([C@@H]2C=C(c3ccc(Cl)cc3)Nc3nc(-c4ccc(Cl)cc4)nn32)cc1. The molecule has 1 atom stereocenters. The minimum Gasteiger partial charge on any atom is -0.497 e. The Labute approximate surface area is 189 Å². The zero-order valence-corrected chi connectivity index (χ0v) is 18.1. The summed E-state index contributed by atoms with van der Waals surface area (Å²) in [6, 6.07) is 23.1. The number of fused-ring (bicyclic) bond motifs is 1. The van der Waals surface area contributed by atoms with Gasteiger partial charge in [0.15, 0.2) is 5.82 Å². The van der Waals surface area contributed by atoms with Crippen molar-refractivity contribution in [2.24, 2.45) is 0 Å². The number of halogens is 2. The van der Waals surface area contributed by atoms with Gasteiger partial charge < -0.3 is 10.1 Å². The molecule has 0 saturated carbocycles. The van der Waals surface area contributed by atoms with Crippen molar-refractivity contribution in [2.45, 2.75) is 6.04 Å². The number of hydrogen-bond acceptors (Lipinski definition) is 4. The molecule has 5 rings (SSSR count). The summed E-state index contributed by atoms with van der Waals surface area (Å²) in [5, 5.41) is 9.58. The Kier molecular flexibility index (Phi) is 5.14. The molecule has 4 aromatic rings. The van der Waals surface area contributed by atoms with Crippen LogP contribution in [0.1, 0.15) is 17.2 Å². The molecule has 0 unspecified atom stereocenters.